The zero-order valence-electron chi connectivity index (χ0n) is 8.81. The van der Waals surface area contributed by atoms with Gasteiger partial charge in [0.2, 0.25) is 0 Å². The highest BCUT2D eigenvalue weighted by atomic mass is 32.1. The number of aromatic nitrogens is 2. The highest BCUT2D eigenvalue weighted by Gasteiger charge is 2.12. The average Bonchev–Trinajstić information content (AvgIpc) is 2.66. The lowest BCUT2D eigenvalue weighted by Gasteiger charge is -2.09. The lowest BCUT2D eigenvalue weighted by molar-refractivity contribution is 0.936. The van der Waals surface area contributed by atoms with Gasteiger partial charge < -0.3 is 4.98 Å². The van der Waals surface area contributed by atoms with E-state index in [9.17, 15) is 0 Å². The van der Waals surface area contributed by atoms with Crippen molar-refractivity contribution < 1.29 is 0 Å². The van der Waals surface area contributed by atoms with Crippen LogP contribution >= 0.6 is 12.2 Å². The molecule has 0 aliphatic heterocycles. The van der Waals surface area contributed by atoms with Crippen LogP contribution in [0.1, 0.15) is 17.8 Å². The van der Waals surface area contributed by atoms with Crippen LogP contribution in [-0.4, -0.2) is 9.55 Å². The molecule has 0 amide bonds. The zero-order valence-corrected chi connectivity index (χ0v) is 9.63. The summed E-state index contributed by atoms with van der Waals surface area (Å²) in [5, 5.41) is 0. The van der Waals surface area contributed by atoms with Gasteiger partial charge in [0.1, 0.15) is 0 Å². The van der Waals surface area contributed by atoms with Gasteiger partial charge in [0, 0.05) is 11.4 Å². The largest absolute Gasteiger partial charge is 0.334 e. The number of para-hydroxylation sites is 1. The van der Waals surface area contributed by atoms with Crippen LogP contribution < -0.4 is 0 Å². The number of fused-ring (bicyclic) bond motifs is 1. The van der Waals surface area contributed by atoms with Crippen LogP contribution in [0.4, 0.5) is 0 Å². The van der Waals surface area contributed by atoms with Crippen LogP contribution in [0.15, 0.2) is 36.4 Å². The van der Waals surface area contributed by atoms with Gasteiger partial charge >= 0.3 is 0 Å². The minimum atomic E-state index is 0.780. The standard InChI is InChI=1S/C13H12N2S/c16-13-14-11-8-4-5-9-12(11)15(13)10-6-2-1-3-7-10/h1-3,5-7,9H,4,8H2,(H,14,16). The third kappa shape index (κ3) is 1.44. The normalized spacial score (nSPS) is 13.8. The van der Waals surface area contributed by atoms with Gasteiger partial charge in [-0.05, 0) is 43.3 Å². The summed E-state index contributed by atoms with van der Waals surface area (Å²) in [6.45, 7) is 0. The van der Waals surface area contributed by atoms with Gasteiger partial charge in [-0.15, -0.1) is 0 Å². The fraction of sp³-hybridized carbons (Fsp3) is 0.154. The predicted octanol–water partition coefficient (Wildman–Crippen LogP) is 3.49. The van der Waals surface area contributed by atoms with E-state index in [0.717, 1.165) is 23.3 Å². The number of nitrogens with one attached hydrogen (secondary N) is 1. The lowest BCUT2D eigenvalue weighted by Crippen LogP contribution is -1.99. The van der Waals surface area contributed by atoms with Gasteiger partial charge in [-0.1, -0.05) is 24.3 Å². The van der Waals surface area contributed by atoms with Gasteiger partial charge in [0.15, 0.2) is 4.77 Å². The van der Waals surface area contributed by atoms with E-state index in [1.165, 1.54) is 11.4 Å². The van der Waals surface area contributed by atoms with Crippen LogP contribution in [0.2, 0.25) is 0 Å². The molecule has 1 heterocycles. The molecular weight excluding hydrogens is 216 g/mol. The van der Waals surface area contributed by atoms with E-state index in [2.05, 4.69) is 33.8 Å². The molecule has 3 rings (SSSR count). The van der Waals surface area contributed by atoms with Gasteiger partial charge in [0.25, 0.3) is 0 Å². The van der Waals surface area contributed by atoms with E-state index in [-0.39, 0.29) is 0 Å². The molecule has 0 saturated heterocycles. The van der Waals surface area contributed by atoms with Gasteiger partial charge in [-0.3, -0.25) is 4.57 Å². The Morgan fingerprint density at radius 3 is 2.81 bits per heavy atom. The third-order valence-electron chi connectivity index (χ3n) is 2.86. The fourth-order valence-corrected chi connectivity index (χ4v) is 2.44. The summed E-state index contributed by atoms with van der Waals surface area (Å²) in [7, 11) is 0. The molecule has 2 aromatic rings. The first-order valence-corrected chi connectivity index (χ1v) is 5.83. The van der Waals surface area contributed by atoms with Crippen molar-refractivity contribution in [2.24, 2.45) is 0 Å². The van der Waals surface area contributed by atoms with Crippen molar-refractivity contribution >= 4 is 18.3 Å². The molecule has 0 atom stereocenters. The first-order valence-electron chi connectivity index (χ1n) is 5.42. The van der Waals surface area contributed by atoms with Crippen LogP contribution in [0, 0.1) is 4.77 Å². The summed E-state index contributed by atoms with van der Waals surface area (Å²) in [5.41, 5.74) is 3.57. The van der Waals surface area contributed by atoms with E-state index < -0.39 is 0 Å². The van der Waals surface area contributed by atoms with Gasteiger partial charge in [-0.25, -0.2) is 0 Å². The van der Waals surface area contributed by atoms with Crippen molar-refractivity contribution in [2.45, 2.75) is 12.8 Å². The van der Waals surface area contributed by atoms with Gasteiger partial charge in [0.05, 0.1) is 5.69 Å². The van der Waals surface area contributed by atoms with Crippen molar-refractivity contribution in [1.29, 1.82) is 0 Å². The second-order valence-electron chi connectivity index (χ2n) is 3.91. The van der Waals surface area contributed by atoms with E-state index in [4.69, 9.17) is 12.2 Å². The number of aryl methyl sites for hydroxylation is 1. The number of hydrogen-bond donors (Lipinski definition) is 1. The van der Waals surface area contributed by atoms with E-state index in [1.54, 1.807) is 0 Å². The minimum Gasteiger partial charge on any atom is -0.334 e. The molecule has 3 heteroatoms. The maximum absolute atomic E-state index is 5.38. The Morgan fingerprint density at radius 1 is 1.19 bits per heavy atom. The molecule has 1 aromatic carbocycles. The Morgan fingerprint density at radius 2 is 2.00 bits per heavy atom. The van der Waals surface area contributed by atoms with Crippen molar-refractivity contribution in [3.05, 3.63) is 52.6 Å². The molecule has 0 spiro atoms. The molecule has 0 radical (unpaired) electrons. The topological polar surface area (TPSA) is 20.7 Å². The van der Waals surface area contributed by atoms with E-state index in [1.807, 2.05) is 18.2 Å². The zero-order chi connectivity index (χ0) is 11.0. The van der Waals surface area contributed by atoms with Crippen molar-refractivity contribution in [1.82, 2.24) is 9.55 Å². The summed E-state index contributed by atoms with van der Waals surface area (Å²) >= 11 is 5.38. The average molecular weight is 228 g/mol. The first kappa shape index (κ1) is 9.60. The van der Waals surface area contributed by atoms with Crippen molar-refractivity contribution in [2.75, 3.05) is 0 Å². The number of hydrogen-bond acceptors (Lipinski definition) is 1. The Bertz CT molecular complexity index is 590. The second kappa shape index (κ2) is 3.76. The lowest BCUT2D eigenvalue weighted by atomic mass is 10.1. The van der Waals surface area contributed by atoms with Crippen LogP contribution in [-0.2, 0) is 6.42 Å². The molecule has 0 unspecified atom stereocenters. The number of aromatic amines is 1. The summed E-state index contributed by atoms with van der Waals surface area (Å²) in [6.07, 6.45) is 6.49. The summed E-state index contributed by atoms with van der Waals surface area (Å²) < 4.78 is 2.88. The second-order valence-corrected chi connectivity index (χ2v) is 4.29. The van der Waals surface area contributed by atoms with E-state index in [0.29, 0.717) is 0 Å². The quantitative estimate of drug-likeness (QED) is 0.741. The third-order valence-corrected chi connectivity index (χ3v) is 3.15. The monoisotopic (exact) mass is 228 g/mol. The van der Waals surface area contributed by atoms with Crippen LogP contribution in [0.3, 0.4) is 0 Å². The molecule has 1 aliphatic carbocycles. The number of imidazole rings is 1. The number of rotatable bonds is 1. The number of nitrogens with zero attached hydrogens (tertiary/aromatic N) is 1. The maximum Gasteiger partial charge on any atom is 0.182 e. The van der Waals surface area contributed by atoms with Crippen LogP contribution in [0.25, 0.3) is 11.8 Å². The summed E-state index contributed by atoms with van der Waals surface area (Å²) in [5.74, 6) is 0. The molecule has 1 N–H and O–H groups in total. The number of allylic oxidation sites excluding steroid dienone is 1. The van der Waals surface area contributed by atoms with E-state index >= 15 is 0 Å². The SMILES string of the molecule is S=c1[nH]c2c(n1-c1ccccc1)C=CCC2. The Balaban J connectivity index is 2.26. The Labute approximate surface area is 99.3 Å². The summed E-state index contributed by atoms with van der Waals surface area (Å²) in [4.78, 5) is 3.29. The fourth-order valence-electron chi connectivity index (χ4n) is 2.12. The number of H-pyrrole nitrogens is 1. The molecule has 1 aromatic heterocycles. The predicted molar refractivity (Wildman–Crippen MR) is 68.3 cm³/mol. The molecule has 0 fully saturated rings. The Kier molecular flexibility index (Phi) is 2.26. The van der Waals surface area contributed by atoms with Crippen molar-refractivity contribution in [3.8, 4) is 5.69 Å². The highest BCUT2D eigenvalue weighted by Crippen LogP contribution is 2.22. The molecule has 2 nitrogen and oxygen atoms in total. The molecule has 16 heavy (non-hydrogen) atoms. The smallest absolute Gasteiger partial charge is 0.182 e. The molecule has 80 valence electrons. The number of benzene rings is 1. The highest BCUT2D eigenvalue weighted by molar-refractivity contribution is 7.71. The Hall–Kier alpha value is -1.61. The molecular formula is C13H12N2S. The molecule has 0 bridgehead atoms. The minimum absolute atomic E-state index is 0.780. The maximum atomic E-state index is 5.38. The van der Waals surface area contributed by atoms with Gasteiger partial charge in [-0.2, -0.15) is 0 Å². The first-order chi connectivity index (χ1) is 7.86. The van der Waals surface area contributed by atoms with Crippen LogP contribution in [0.5, 0.6) is 0 Å². The summed E-state index contributed by atoms with van der Waals surface area (Å²) in [6, 6.07) is 10.2. The molecule has 1 aliphatic rings. The van der Waals surface area contributed by atoms with Crippen molar-refractivity contribution in [3.63, 3.8) is 0 Å². The molecule has 0 saturated carbocycles.